The van der Waals surface area contributed by atoms with E-state index in [2.05, 4.69) is 34.5 Å². The highest BCUT2D eigenvalue weighted by molar-refractivity contribution is 5.68. The second-order valence-electron chi connectivity index (χ2n) is 4.36. The first-order chi connectivity index (χ1) is 8.81. The van der Waals surface area contributed by atoms with Crippen LogP contribution in [0.3, 0.4) is 0 Å². The average molecular weight is 237 g/mol. The van der Waals surface area contributed by atoms with Gasteiger partial charge in [0.25, 0.3) is 0 Å². The van der Waals surface area contributed by atoms with Crippen LogP contribution in [0, 0.1) is 6.92 Å². The molecule has 3 nitrogen and oxygen atoms in total. The summed E-state index contributed by atoms with van der Waals surface area (Å²) >= 11 is 0. The Kier molecular flexibility index (Phi) is 2.61. The van der Waals surface area contributed by atoms with Gasteiger partial charge in [-0.25, -0.2) is 4.98 Å². The monoisotopic (exact) mass is 237 g/mol. The van der Waals surface area contributed by atoms with Crippen LogP contribution in [0.4, 0.5) is 0 Å². The summed E-state index contributed by atoms with van der Waals surface area (Å²) in [4.78, 5) is 4.68. The second kappa shape index (κ2) is 4.27. The largest absolute Gasteiger partial charge is 0.325 e. The number of benzene rings is 1. The lowest BCUT2D eigenvalue weighted by atomic mass is 10.2. The fourth-order valence-corrected chi connectivity index (χ4v) is 2.33. The van der Waals surface area contributed by atoms with E-state index in [1.54, 1.807) is 0 Å². The smallest absolute Gasteiger partial charge is 0.144 e. The molecule has 1 aromatic carbocycles. The lowest BCUT2D eigenvalue weighted by Gasteiger charge is -2.02. The summed E-state index contributed by atoms with van der Waals surface area (Å²) in [6.45, 7) is 2.55. The van der Waals surface area contributed by atoms with Crippen molar-refractivity contribution in [2.75, 3.05) is 0 Å². The molecule has 2 N–H and O–H groups in total. The van der Waals surface area contributed by atoms with Crippen LogP contribution in [0.1, 0.15) is 11.3 Å². The van der Waals surface area contributed by atoms with Gasteiger partial charge in [0.05, 0.1) is 11.2 Å². The van der Waals surface area contributed by atoms with E-state index in [9.17, 15) is 0 Å². The predicted octanol–water partition coefficient (Wildman–Crippen LogP) is 2.77. The fourth-order valence-electron chi connectivity index (χ4n) is 2.33. The topological polar surface area (TPSA) is 43.3 Å². The standard InChI is InChI=1S/C15H15N3/c1-11-6-5-9-18-14(11)13(10-16)17-15(18)12-7-3-2-4-8-12/h2-9H,10,16H2,1H3. The summed E-state index contributed by atoms with van der Waals surface area (Å²) in [5, 5.41) is 0. The molecule has 90 valence electrons. The molecule has 0 fully saturated rings. The maximum absolute atomic E-state index is 5.80. The summed E-state index contributed by atoms with van der Waals surface area (Å²) in [6, 6.07) is 14.3. The zero-order valence-electron chi connectivity index (χ0n) is 10.3. The van der Waals surface area contributed by atoms with E-state index in [1.165, 1.54) is 5.56 Å². The lowest BCUT2D eigenvalue weighted by Crippen LogP contribution is -1.98. The van der Waals surface area contributed by atoms with Crippen molar-refractivity contribution >= 4 is 5.52 Å². The minimum atomic E-state index is 0.460. The van der Waals surface area contributed by atoms with Crippen LogP contribution in [0.25, 0.3) is 16.9 Å². The van der Waals surface area contributed by atoms with E-state index in [-0.39, 0.29) is 0 Å². The number of imidazole rings is 1. The molecule has 0 bridgehead atoms. The molecule has 0 aliphatic rings. The Bertz CT molecular complexity index is 684. The third-order valence-electron chi connectivity index (χ3n) is 3.16. The fraction of sp³-hybridized carbons (Fsp3) is 0.133. The highest BCUT2D eigenvalue weighted by Crippen LogP contribution is 2.24. The van der Waals surface area contributed by atoms with Crippen molar-refractivity contribution in [1.82, 2.24) is 9.38 Å². The number of rotatable bonds is 2. The van der Waals surface area contributed by atoms with Crippen LogP contribution in [-0.4, -0.2) is 9.38 Å². The zero-order chi connectivity index (χ0) is 12.5. The molecule has 18 heavy (non-hydrogen) atoms. The van der Waals surface area contributed by atoms with Gasteiger partial charge in [-0.1, -0.05) is 36.4 Å². The number of hydrogen-bond acceptors (Lipinski definition) is 2. The third-order valence-corrected chi connectivity index (χ3v) is 3.16. The van der Waals surface area contributed by atoms with E-state index in [1.807, 2.05) is 30.5 Å². The first kappa shape index (κ1) is 11.0. The van der Waals surface area contributed by atoms with E-state index < -0.39 is 0 Å². The molecule has 3 aromatic rings. The van der Waals surface area contributed by atoms with Gasteiger partial charge in [-0.15, -0.1) is 0 Å². The van der Waals surface area contributed by atoms with Gasteiger partial charge >= 0.3 is 0 Å². The van der Waals surface area contributed by atoms with Gasteiger partial charge in [-0.05, 0) is 18.6 Å². The van der Waals surface area contributed by atoms with Crippen molar-refractivity contribution < 1.29 is 0 Å². The van der Waals surface area contributed by atoms with E-state index in [4.69, 9.17) is 5.73 Å². The Morgan fingerprint density at radius 3 is 2.61 bits per heavy atom. The third kappa shape index (κ3) is 1.60. The first-order valence-corrected chi connectivity index (χ1v) is 6.03. The minimum Gasteiger partial charge on any atom is -0.325 e. The van der Waals surface area contributed by atoms with Gasteiger partial charge in [0.1, 0.15) is 5.82 Å². The van der Waals surface area contributed by atoms with Crippen molar-refractivity contribution in [2.24, 2.45) is 5.73 Å². The van der Waals surface area contributed by atoms with E-state index in [0.29, 0.717) is 6.54 Å². The molecular formula is C15H15N3. The molecule has 0 radical (unpaired) electrons. The number of hydrogen-bond donors (Lipinski definition) is 1. The number of pyridine rings is 1. The van der Waals surface area contributed by atoms with Crippen LogP contribution >= 0.6 is 0 Å². The SMILES string of the molecule is Cc1cccn2c(-c3ccccc3)nc(CN)c12. The van der Waals surface area contributed by atoms with Gasteiger partial charge in [0.15, 0.2) is 0 Å². The van der Waals surface area contributed by atoms with Crippen molar-refractivity contribution in [3.8, 4) is 11.4 Å². The predicted molar refractivity (Wildman–Crippen MR) is 73.3 cm³/mol. The molecule has 3 rings (SSSR count). The summed E-state index contributed by atoms with van der Waals surface area (Å²) in [5.74, 6) is 0.953. The van der Waals surface area contributed by atoms with Crippen LogP contribution in [0.2, 0.25) is 0 Å². The minimum absolute atomic E-state index is 0.460. The van der Waals surface area contributed by atoms with Gasteiger partial charge in [0, 0.05) is 18.3 Å². The van der Waals surface area contributed by atoms with Crippen molar-refractivity contribution in [3.63, 3.8) is 0 Å². The molecule has 0 amide bonds. The molecule has 0 saturated carbocycles. The zero-order valence-corrected chi connectivity index (χ0v) is 10.3. The molecule has 2 heterocycles. The molecule has 0 aliphatic heterocycles. The normalized spacial score (nSPS) is 11.0. The molecule has 0 spiro atoms. The lowest BCUT2D eigenvalue weighted by molar-refractivity contribution is 1.02. The van der Waals surface area contributed by atoms with Crippen molar-refractivity contribution in [2.45, 2.75) is 13.5 Å². The van der Waals surface area contributed by atoms with Crippen LogP contribution < -0.4 is 5.73 Å². The highest BCUT2D eigenvalue weighted by atomic mass is 15.0. The molecule has 3 heteroatoms. The summed E-state index contributed by atoms with van der Waals surface area (Å²) < 4.78 is 2.12. The van der Waals surface area contributed by atoms with Crippen LogP contribution in [0.5, 0.6) is 0 Å². The maximum atomic E-state index is 5.80. The Hall–Kier alpha value is -2.13. The van der Waals surface area contributed by atoms with Gasteiger partial charge in [0.2, 0.25) is 0 Å². The Balaban J connectivity index is 2.35. The van der Waals surface area contributed by atoms with E-state index >= 15 is 0 Å². The molecular weight excluding hydrogens is 222 g/mol. The number of aromatic nitrogens is 2. The molecule has 2 aromatic heterocycles. The molecule has 0 atom stereocenters. The van der Waals surface area contributed by atoms with Crippen LogP contribution in [-0.2, 0) is 6.54 Å². The number of nitrogens with zero attached hydrogens (tertiary/aromatic N) is 2. The van der Waals surface area contributed by atoms with Crippen LogP contribution in [0.15, 0.2) is 48.7 Å². The Morgan fingerprint density at radius 2 is 1.89 bits per heavy atom. The van der Waals surface area contributed by atoms with Gasteiger partial charge in [-0.2, -0.15) is 0 Å². The van der Waals surface area contributed by atoms with Crippen molar-refractivity contribution in [3.05, 3.63) is 59.9 Å². The molecule has 0 aliphatic carbocycles. The van der Waals surface area contributed by atoms with E-state index in [0.717, 1.165) is 22.6 Å². The summed E-state index contributed by atoms with van der Waals surface area (Å²) in [7, 11) is 0. The van der Waals surface area contributed by atoms with Gasteiger partial charge in [-0.3, -0.25) is 4.40 Å². The molecule has 0 unspecified atom stereocenters. The number of fused-ring (bicyclic) bond motifs is 1. The highest BCUT2D eigenvalue weighted by Gasteiger charge is 2.12. The Labute approximate surface area is 106 Å². The first-order valence-electron chi connectivity index (χ1n) is 6.03. The quantitative estimate of drug-likeness (QED) is 0.744. The van der Waals surface area contributed by atoms with Crippen molar-refractivity contribution in [1.29, 1.82) is 0 Å². The summed E-state index contributed by atoms with van der Waals surface area (Å²) in [5.41, 5.74) is 10.2. The maximum Gasteiger partial charge on any atom is 0.144 e. The summed E-state index contributed by atoms with van der Waals surface area (Å²) in [6.07, 6.45) is 2.04. The Morgan fingerprint density at radius 1 is 1.11 bits per heavy atom. The average Bonchev–Trinajstić information content (AvgIpc) is 2.80. The van der Waals surface area contributed by atoms with Gasteiger partial charge < -0.3 is 5.73 Å². The number of aryl methyl sites for hydroxylation is 1. The second-order valence-corrected chi connectivity index (χ2v) is 4.36. The number of nitrogens with two attached hydrogens (primary N) is 1. The molecule has 0 saturated heterocycles.